The van der Waals surface area contributed by atoms with Crippen LogP contribution in [0, 0.1) is 6.92 Å². The summed E-state index contributed by atoms with van der Waals surface area (Å²) in [6, 6.07) is 21.1. The van der Waals surface area contributed by atoms with E-state index in [2.05, 4.69) is 88.2 Å². The number of benzene rings is 2. The van der Waals surface area contributed by atoms with Gasteiger partial charge in [-0.3, -0.25) is 4.99 Å². The highest BCUT2D eigenvalue weighted by molar-refractivity contribution is 7.11. The van der Waals surface area contributed by atoms with Crippen LogP contribution in [0.4, 0.5) is 0 Å². The molecular formula is C21H24N4S. The number of nitrogens with one attached hydrogen (secondary N) is 2. The number of hydrogen-bond acceptors (Lipinski definition) is 3. The molecule has 1 aromatic heterocycles. The highest BCUT2D eigenvalue weighted by Gasteiger charge is 2.14. The van der Waals surface area contributed by atoms with Gasteiger partial charge in [-0.2, -0.15) is 0 Å². The van der Waals surface area contributed by atoms with Crippen molar-refractivity contribution in [2.45, 2.75) is 19.4 Å². The summed E-state index contributed by atoms with van der Waals surface area (Å²) >= 11 is 1.70. The molecule has 134 valence electrons. The van der Waals surface area contributed by atoms with Crippen LogP contribution in [0.3, 0.4) is 0 Å². The molecule has 2 N–H and O–H groups in total. The third-order valence-electron chi connectivity index (χ3n) is 4.18. The van der Waals surface area contributed by atoms with Crippen LogP contribution in [0.15, 0.2) is 71.9 Å². The summed E-state index contributed by atoms with van der Waals surface area (Å²) in [5.74, 6) is 1.05. The lowest BCUT2D eigenvalue weighted by Gasteiger charge is -2.20. The Labute approximate surface area is 159 Å². The molecular weight excluding hydrogens is 340 g/mol. The van der Waals surface area contributed by atoms with Crippen LogP contribution in [-0.2, 0) is 6.54 Å². The van der Waals surface area contributed by atoms with Crippen molar-refractivity contribution in [3.05, 3.63) is 87.9 Å². The van der Waals surface area contributed by atoms with Gasteiger partial charge in [0.25, 0.3) is 0 Å². The molecule has 0 spiro atoms. The summed E-state index contributed by atoms with van der Waals surface area (Å²) in [5.41, 5.74) is 2.58. The SMILES string of the molecule is CN=C(NCc1ncc(C)s1)NCC(c1ccccc1)c1ccccc1. The smallest absolute Gasteiger partial charge is 0.191 e. The van der Waals surface area contributed by atoms with E-state index in [0.717, 1.165) is 17.5 Å². The number of nitrogens with zero attached hydrogens (tertiary/aromatic N) is 2. The second-order valence-electron chi connectivity index (χ2n) is 6.05. The Kier molecular flexibility index (Phi) is 6.39. The number of thiazole rings is 1. The Balaban J connectivity index is 1.66. The van der Waals surface area contributed by atoms with Crippen molar-refractivity contribution in [1.29, 1.82) is 0 Å². The third kappa shape index (κ3) is 4.92. The summed E-state index contributed by atoms with van der Waals surface area (Å²) in [6.45, 7) is 3.52. The number of aromatic nitrogens is 1. The number of rotatable bonds is 6. The maximum Gasteiger partial charge on any atom is 0.191 e. The Morgan fingerprint density at radius 3 is 2.12 bits per heavy atom. The number of guanidine groups is 1. The zero-order valence-electron chi connectivity index (χ0n) is 15.1. The van der Waals surface area contributed by atoms with Crippen LogP contribution in [0.5, 0.6) is 0 Å². The summed E-state index contributed by atoms with van der Waals surface area (Å²) in [5, 5.41) is 7.87. The van der Waals surface area contributed by atoms with Crippen molar-refractivity contribution >= 4 is 17.3 Å². The maximum atomic E-state index is 4.39. The first kappa shape index (κ1) is 18.1. The van der Waals surface area contributed by atoms with Crippen molar-refractivity contribution in [3.8, 4) is 0 Å². The number of aliphatic imine (C=N–C) groups is 1. The molecule has 0 unspecified atom stereocenters. The van der Waals surface area contributed by atoms with Gasteiger partial charge in [0, 0.05) is 30.6 Å². The van der Waals surface area contributed by atoms with Gasteiger partial charge in [-0.05, 0) is 18.1 Å². The van der Waals surface area contributed by atoms with E-state index in [9.17, 15) is 0 Å². The summed E-state index contributed by atoms with van der Waals surface area (Å²) in [4.78, 5) is 9.95. The normalized spacial score (nSPS) is 11.6. The first-order valence-electron chi connectivity index (χ1n) is 8.72. The van der Waals surface area contributed by atoms with Crippen molar-refractivity contribution in [2.75, 3.05) is 13.6 Å². The first-order valence-corrected chi connectivity index (χ1v) is 9.53. The molecule has 0 atom stereocenters. The quantitative estimate of drug-likeness (QED) is 0.514. The summed E-state index contributed by atoms with van der Waals surface area (Å²) in [6.07, 6.45) is 1.90. The van der Waals surface area contributed by atoms with E-state index in [-0.39, 0.29) is 5.92 Å². The zero-order valence-corrected chi connectivity index (χ0v) is 16.0. The van der Waals surface area contributed by atoms with Crippen molar-refractivity contribution in [1.82, 2.24) is 15.6 Å². The van der Waals surface area contributed by atoms with Gasteiger partial charge in [-0.25, -0.2) is 4.98 Å². The molecule has 0 aliphatic carbocycles. The van der Waals surface area contributed by atoms with Crippen molar-refractivity contribution in [2.24, 2.45) is 4.99 Å². The van der Waals surface area contributed by atoms with Crippen LogP contribution in [0.2, 0.25) is 0 Å². The van der Waals surface area contributed by atoms with E-state index >= 15 is 0 Å². The van der Waals surface area contributed by atoms with Gasteiger partial charge < -0.3 is 10.6 Å². The Hall–Kier alpha value is -2.66. The molecule has 0 radical (unpaired) electrons. The van der Waals surface area contributed by atoms with Gasteiger partial charge >= 0.3 is 0 Å². The molecule has 4 nitrogen and oxygen atoms in total. The van der Waals surface area contributed by atoms with E-state index in [0.29, 0.717) is 6.54 Å². The number of aryl methyl sites for hydroxylation is 1. The second-order valence-corrected chi connectivity index (χ2v) is 7.36. The maximum absolute atomic E-state index is 4.39. The van der Waals surface area contributed by atoms with Gasteiger partial charge in [0.1, 0.15) is 5.01 Å². The molecule has 5 heteroatoms. The average molecular weight is 365 g/mol. The fourth-order valence-electron chi connectivity index (χ4n) is 2.86. The standard InChI is InChI=1S/C21H24N4S/c1-16-13-23-20(26-16)15-25-21(22-2)24-14-19(17-9-5-3-6-10-17)18-11-7-4-8-12-18/h3-13,19H,14-15H2,1-2H3,(H2,22,24,25). The fraction of sp³-hybridized carbons (Fsp3) is 0.238. The monoisotopic (exact) mass is 364 g/mol. The fourth-order valence-corrected chi connectivity index (χ4v) is 3.59. The second kappa shape index (κ2) is 9.15. The molecule has 0 aliphatic rings. The molecule has 0 amide bonds. The van der Waals surface area contributed by atoms with Crippen LogP contribution in [-0.4, -0.2) is 24.5 Å². The van der Waals surface area contributed by atoms with E-state index in [4.69, 9.17) is 0 Å². The lowest BCUT2D eigenvalue weighted by atomic mass is 9.91. The topological polar surface area (TPSA) is 49.3 Å². The van der Waals surface area contributed by atoms with E-state index in [1.165, 1.54) is 16.0 Å². The molecule has 0 fully saturated rings. The van der Waals surface area contributed by atoms with Crippen molar-refractivity contribution < 1.29 is 0 Å². The van der Waals surface area contributed by atoms with Crippen LogP contribution in [0.25, 0.3) is 0 Å². The van der Waals surface area contributed by atoms with E-state index in [1.807, 2.05) is 6.20 Å². The predicted octanol–water partition coefficient (Wildman–Crippen LogP) is 3.95. The van der Waals surface area contributed by atoms with Crippen molar-refractivity contribution in [3.63, 3.8) is 0 Å². The zero-order chi connectivity index (χ0) is 18.2. The van der Waals surface area contributed by atoms with Crippen LogP contribution >= 0.6 is 11.3 Å². The van der Waals surface area contributed by atoms with Gasteiger partial charge in [0.2, 0.25) is 0 Å². The predicted molar refractivity (Wildman–Crippen MR) is 110 cm³/mol. The van der Waals surface area contributed by atoms with Gasteiger partial charge in [0.05, 0.1) is 6.54 Å². The molecule has 0 aliphatic heterocycles. The molecule has 0 bridgehead atoms. The Bertz CT molecular complexity index is 788. The molecule has 0 saturated heterocycles. The summed E-state index contributed by atoms with van der Waals surface area (Å²) < 4.78 is 0. The van der Waals surface area contributed by atoms with Gasteiger partial charge in [-0.1, -0.05) is 60.7 Å². The molecule has 1 heterocycles. The van der Waals surface area contributed by atoms with Gasteiger partial charge in [0.15, 0.2) is 5.96 Å². The van der Waals surface area contributed by atoms with E-state index < -0.39 is 0 Å². The summed E-state index contributed by atoms with van der Waals surface area (Å²) in [7, 11) is 1.79. The highest BCUT2D eigenvalue weighted by atomic mass is 32.1. The largest absolute Gasteiger partial charge is 0.355 e. The van der Waals surface area contributed by atoms with E-state index in [1.54, 1.807) is 18.4 Å². The first-order chi connectivity index (χ1) is 12.8. The molecule has 3 aromatic rings. The Morgan fingerprint density at radius 2 is 1.62 bits per heavy atom. The Morgan fingerprint density at radius 1 is 1.00 bits per heavy atom. The third-order valence-corrected chi connectivity index (χ3v) is 5.09. The minimum absolute atomic E-state index is 0.262. The molecule has 26 heavy (non-hydrogen) atoms. The highest BCUT2D eigenvalue weighted by Crippen LogP contribution is 2.23. The molecule has 2 aromatic carbocycles. The van der Waals surface area contributed by atoms with Crippen LogP contribution in [0.1, 0.15) is 26.9 Å². The lowest BCUT2D eigenvalue weighted by Crippen LogP contribution is -2.39. The minimum Gasteiger partial charge on any atom is -0.355 e. The van der Waals surface area contributed by atoms with Crippen LogP contribution < -0.4 is 10.6 Å². The minimum atomic E-state index is 0.262. The molecule has 3 rings (SSSR count). The number of hydrogen-bond donors (Lipinski definition) is 2. The van der Waals surface area contributed by atoms with Gasteiger partial charge in [-0.15, -0.1) is 11.3 Å². The molecule has 0 saturated carbocycles. The average Bonchev–Trinajstić information content (AvgIpc) is 3.11. The lowest BCUT2D eigenvalue weighted by molar-refractivity contribution is 0.727.